The molecule has 0 saturated carbocycles. The van der Waals surface area contributed by atoms with Gasteiger partial charge in [-0.05, 0) is 42.5 Å². The van der Waals surface area contributed by atoms with Crippen LogP contribution in [0.5, 0.6) is 28.7 Å². The quantitative estimate of drug-likeness (QED) is 0.725. The minimum Gasteiger partial charge on any atom is -0.507 e. The average molecular weight is 402 g/mol. The molecule has 0 radical (unpaired) electrons. The summed E-state index contributed by atoms with van der Waals surface area (Å²) < 4.78 is 28.5. The van der Waals surface area contributed by atoms with Crippen LogP contribution in [-0.2, 0) is 17.6 Å². The van der Waals surface area contributed by atoms with Crippen molar-refractivity contribution in [2.24, 2.45) is 0 Å². The normalized spacial score (nSPS) is 15.2. The highest BCUT2D eigenvalue weighted by molar-refractivity contribution is 5.88. The van der Waals surface area contributed by atoms with Crippen LogP contribution in [0.3, 0.4) is 0 Å². The zero-order valence-corrected chi connectivity index (χ0v) is 18.0. The SMILES string of the molecule is CCCc1cc(OC)c2c(c1O)-c1c(cc(OC)c(OC)c1OC)CC[C@@H]2OC. The summed E-state index contributed by atoms with van der Waals surface area (Å²) in [6.45, 7) is 2.08. The summed E-state index contributed by atoms with van der Waals surface area (Å²) in [5.41, 5.74) is 4.16. The fourth-order valence-electron chi connectivity index (χ4n) is 4.26. The third-order valence-corrected chi connectivity index (χ3v) is 5.56. The lowest BCUT2D eigenvalue weighted by atomic mass is 9.89. The highest BCUT2D eigenvalue weighted by Crippen LogP contribution is 2.55. The molecule has 0 unspecified atom stereocenters. The van der Waals surface area contributed by atoms with Crippen LogP contribution < -0.4 is 18.9 Å². The number of aryl methyl sites for hydroxylation is 2. The van der Waals surface area contributed by atoms with E-state index in [0.717, 1.165) is 47.9 Å². The molecule has 2 aromatic carbocycles. The van der Waals surface area contributed by atoms with Crippen molar-refractivity contribution >= 4 is 0 Å². The number of fused-ring (bicyclic) bond motifs is 3. The molecular weight excluding hydrogens is 372 g/mol. The van der Waals surface area contributed by atoms with Crippen molar-refractivity contribution < 1.29 is 28.8 Å². The standard InChI is InChI=1S/C23H30O6/c1-7-8-14-12-16(26-3)19-15(25-2)10-9-13-11-17(27-4)22(28-5)23(29-6)18(13)20(19)21(14)24/h11-12,15,24H,7-10H2,1-6H3/t15-/m0/s1. The van der Waals surface area contributed by atoms with Gasteiger partial charge < -0.3 is 28.8 Å². The Morgan fingerprint density at radius 2 is 1.59 bits per heavy atom. The van der Waals surface area contributed by atoms with Crippen LogP contribution in [0.2, 0.25) is 0 Å². The summed E-state index contributed by atoms with van der Waals surface area (Å²) in [7, 11) is 8.11. The van der Waals surface area contributed by atoms with Crippen LogP contribution in [0.1, 0.15) is 42.6 Å². The van der Waals surface area contributed by atoms with E-state index < -0.39 is 0 Å². The number of benzene rings is 2. The van der Waals surface area contributed by atoms with Gasteiger partial charge in [0.1, 0.15) is 11.5 Å². The van der Waals surface area contributed by atoms with Gasteiger partial charge in [0.05, 0.1) is 34.5 Å². The molecule has 6 nitrogen and oxygen atoms in total. The van der Waals surface area contributed by atoms with E-state index in [2.05, 4.69) is 6.92 Å². The van der Waals surface area contributed by atoms with E-state index in [0.29, 0.717) is 28.6 Å². The van der Waals surface area contributed by atoms with Gasteiger partial charge in [0.2, 0.25) is 5.75 Å². The fraction of sp³-hybridized carbons (Fsp3) is 0.478. The number of phenols is 1. The van der Waals surface area contributed by atoms with E-state index in [9.17, 15) is 5.11 Å². The predicted molar refractivity (Wildman–Crippen MR) is 112 cm³/mol. The molecule has 0 aliphatic heterocycles. The van der Waals surface area contributed by atoms with Gasteiger partial charge >= 0.3 is 0 Å². The number of phenolic OH excluding ortho intramolecular Hbond substituents is 1. The summed E-state index contributed by atoms with van der Waals surface area (Å²) >= 11 is 0. The van der Waals surface area contributed by atoms with Gasteiger partial charge in [0.15, 0.2) is 11.5 Å². The van der Waals surface area contributed by atoms with Crippen molar-refractivity contribution in [3.63, 3.8) is 0 Å². The number of hydrogen-bond donors (Lipinski definition) is 1. The largest absolute Gasteiger partial charge is 0.507 e. The van der Waals surface area contributed by atoms with Crippen molar-refractivity contribution in [3.05, 3.63) is 28.8 Å². The van der Waals surface area contributed by atoms with Gasteiger partial charge in [0.25, 0.3) is 0 Å². The third-order valence-electron chi connectivity index (χ3n) is 5.56. The third kappa shape index (κ3) is 3.46. The maximum absolute atomic E-state index is 11.3. The van der Waals surface area contributed by atoms with Gasteiger partial charge in [-0.1, -0.05) is 13.3 Å². The molecule has 1 aliphatic rings. The second kappa shape index (κ2) is 8.82. The lowest BCUT2D eigenvalue weighted by Crippen LogP contribution is -2.06. The minimum absolute atomic E-state index is 0.226. The topological polar surface area (TPSA) is 66.4 Å². The Balaban J connectivity index is 2.48. The highest BCUT2D eigenvalue weighted by atomic mass is 16.5. The average Bonchev–Trinajstić information content (AvgIpc) is 2.91. The first-order valence-corrected chi connectivity index (χ1v) is 9.83. The van der Waals surface area contributed by atoms with Crippen LogP contribution in [0.25, 0.3) is 11.1 Å². The van der Waals surface area contributed by atoms with Crippen LogP contribution >= 0.6 is 0 Å². The van der Waals surface area contributed by atoms with Gasteiger partial charge in [-0.2, -0.15) is 0 Å². The summed E-state index contributed by atoms with van der Waals surface area (Å²) in [5.74, 6) is 2.56. The van der Waals surface area contributed by atoms with E-state index in [1.54, 1.807) is 35.5 Å². The van der Waals surface area contributed by atoms with Crippen LogP contribution in [0, 0.1) is 0 Å². The Hall–Kier alpha value is -2.60. The molecule has 0 spiro atoms. The van der Waals surface area contributed by atoms with Crippen LogP contribution in [-0.4, -0.2) is 40.7 Å². The monoisotopic (exact) mass is 402 g/mol. The first kappa shape index (κ1) is 21.1. The summed E-state index contributed by atoms with van der Waals surface area (Å²) in [6, 6.07) is 3.87. The smallest absolute Gasteiger partial charge is 0.203 e. The number of aromatic hydroxyl groups is 1. The number of methoxy groups -OCH3 is 5. The van der Waals surface area contributed by atoms with Crippen molar-refractivity contribution in [2.45, 2.75) is 38.7 Å². The van der Waals surface area contributed by atoms with Gasteiger partial charge in [-0.15, -0.1) is 0 Å². The Bertz CT molecular complexity index is 890. The molecular formula is C23H30O6. The molecule has 2 aromatic rings. The first-order valence-electron chi connectivity index (χ1n) is 9.83. The Labute approximate surface area is 172 Å². The lowest BCUT2D eigenvalue weighted by Gasteiger charge is -2.24. The highest BCUT2D eigenvalue weighted by Gasteiger charge is 2.34. The van der Waals surface area contributed by atoms with Crippen molar-refractivity contribution in [1.29, 1.82) is 0 Å². The summed E-state index contributed by atoms with van der Waals surface area (Å²) in [6.07, 6.45) is 2.87. The molecule has 158 valence electrons. The molecule has 0 amide bonds. The van der Waals surface area contributed by atoms with Crippen LogP contribution in [0.4, 0.5) is 0 Å². The van der Waals surface area contributed by atoms with Gasteiger partial charge in [-0.25, -0.2) is 0 Å². The van der Waals surface area contributed by atoms with Crippen molar-refractivity contribution in [3.8, 4) is 39.9 Å². The van der Waals surface area contributed by atoms with Crippen molar-refractivity contribution in [1.82, 2.24) is 0 Å². The van der Waals surface area contributed by atoms with E-state index in [4.69, 9.17) is 23.7 Å². The fourth-order valence-corrected chi connectivity index (χ4v) is 4.26. The number of ether oxygens (including phenoxy) is 5. The van der Waals surface area contributed by atoms with E-state index in [-0.39, 0.29) is 11.9 Å². The predicted octanol–water partition coefficient (Wildman–Crippen LogP) is 4.68. The molecule has 0 heterocycles. The minimum atomic E-state index is -0.226. The molecule has 29 heavy (non-hydrogen) atoms. The molecule has 1 N–H and O–H groups in total. The summed E-state index contributed by atoms with van der Waals surface area (Å²) in [5, 5.41) is 11.3. The zero-order valence-electron chi connectivity index (χ0n) is 18.0. The van der Waals surface area contributed by atoms with E-state index in [1.165, 1.54) is 0 Å². The van der Waals surface area contributed by atoms with Gasteiger partial charge in [-0.3, -0.25) is 0 Å². The Morgan fingerprint density at radius 3 is 2.14 bits per heavy atom. The molecule has 1 atom stereocenters. The molecule has 0 bridgehead atoms. The molecule has 0 saturated heterocycles. The number of rotatable bonds is 7. The second-order valence-corrected chi connectivity index (χ2v) is 7.07. The first-order chi connectivity index (χ1) is 14.1. The maximum atomic E-state index is 11.3. The van der Waals surface area contributed by atoms with Crippen molar-refractivity contribution in [2.75, 3.05) is 35.5 Å². The number of hydrogen-bond acceptors (Lipinski definition) is 6. The van der Waals surface area contributed by atoms with E-state index >= 15 is 0 Å². The summed E-state index contributed by atoms with van der Waals surface area (Å²) in [4.78, 5) is 0. The zero-order chi connectivity index (χ0) is 21.1. The lowest BCUT2D eigenvalue weighted by molar-refractivity contribution is 0.0945. The van der Waals surface area contributed by atoms with E-state index in [1.807, 2.05) is 12.1 Å². The molecule has 0 aromatic heterocycles. The Morgan fingerprint density at radius 1 is 0.897 bits per heavy atom. The molecule has 3 rings (SSSR count). The molecule has 1 aliphatic carbocycles. The maximum Gasteiger partial charge on any atom is 0.203 e. The molecule has 6 heteroatoms. The molecule has 0 fully saturated rings. The van der Waals surface area contributed by atoms with Crippen LogP contribution in [0.15, 0.2) is 12.1 Å². The van der Waals surface area contributed by atoms with Gasteiger partial charge in [0, 0.05) is 23.8 Å². The second-order valence-electron chi connectivity index (χ2n) is 7.07. The Kier molecular flexibility index (Phi) is 6.42.